The van der Waals surface area contributed by atoms with Crippen molar-refractivity contribution in [3.05, 3.63) is 82.9 Å². The molecular weight excluding hydrogens is 454 g/mol. The fraction of sp³-hybridized carbons (Fsp3) is 0.414. The van der Waals surface area contributed by atoms with Crippen LogP contribution in [0.4, 0.5) is 0 Å². The minimum absolute atomic E-state index is 0.0912. The Bertz CT molecular complexity index is 1250. The van der Waals surface area contributed by atoms with Gasteiger partial charge in [-0.15, -0.1) is 0 Å². The molecule has 2 aliphatic rings. The van der Waals surface area contributed by atoms with E-state index < -0.39 is 12.0 Å². The third kappa shape index (κ3) is 4.62. The fourth-order valence-corrected chi connectivity index (χ4v) is 5.95. The molecule has 188 valence electrons. The van der Waals surface area contributed by atoms with Crippen LogP contribution in [0, 0.1) is 12.8 Å². The standard InChI is InChI=1S/C29H33N3O4/c1-19-14-20(12-13-26(19)36-2)16-31-18-30-23-17-32(25(29(34)35)15-24(23)31)28(33)27(22-10-6-7-11-22)21-8-4-3-5-9-21/h3-5,8-9,12-14,18,22,25,27H,6-7,10-11,15-17H2,1-2H3,(H,34,35). The van der Waals surface area contributed by atoms with E-state index in [2.05, 4.69) is 11.1 Å². The molecule has 2 aromatic carbocycles. The van der Waals surface area contributed by atoms with E-state index in [-0.39, 0.29) is 30.7 Å². The van der Waals surface area contributed by atoms with Crippen LogP contribution in [0.15, 0.2) is 54.9 Å². The minimum Gasteiger partial charge on any atom is -0.496 e. The number of hydrogen-bond donors (Lipinski definition) is 1. The first kappa shape index (κ1) is 24.1. The summed E-state index contributed by atoms with van der Waals surface area (Å²) >= 11 is 0. The molecule has 2 unspecified atom stereocenters. The van der Waals surface area contributed by atoms with Crippen LogP contribution >= 0.6 is 0 Å². The van der Waals surface area contributed by atoms with Gasteiger partial charge in [-0.25, -0.2) is 9.78 Å². The summed E-state index contributed by atoms with van der Waals surface area (Å²) in [6.45, 7) is 2.81. The highest BCUT2D eigenvalue weighted by atomic mass is 16.5. The number of benzene rings is 2. The zero-order valence-electron chi connectivity index (χ0n) is 20.9. The lowest BCUT2D eigenvalue weighted by Crippen LogP contribution is -2.51. The highest BCUT2D eigenvalue weighted by Gasteiger charge is 2.42. The average molecular weight is 488 g/mol. The second-order valence-corrected chi connectivity index (χ2v) is 10.0. The summed E-state index contributed by atoms with van der Waals surface area (Å²) in [6.07, 6.45) is 6.24. The lowest BCUT2D eigenvalue weighted by Gasteiger charge is -2.37. The number of fused-ring (bicyclic) bond motifs is 1. The maximum absolute atomic E-state index is 14.0. The second-order valence-electron chi connectivity index (χ2n) is 10.0. The highest BCUT2D eigenvalue weighted by Crippen LogP contribution is 2.40. The molecule has 0 bridgehead atoms. The molecule has 1 aliphatic heterocycles. The zero-order valence-corrected chi connectivity index (χ0v) is 20.9. The lowest BCUT2D eigenvalue weighted by atomic mass is 9.83. The second kappa shape index (κ2) is 10.2. The zero-order chi connectivity index (χ0) is 25.2. The van der Waals surface area contributed by atoms with Crippen LogP contribution in [-0.2, 0) is 29.1 Å². The summed E-state index contributed by atoms with van der Waals surface area (Å²) in [6, 6.07) is 15.0. The molecule has 36 heavy (non-hydrogen) atoms. The van der Waals surface area contributed by atoms with E-state index >= 15 is 0 Å². The van der Waals surface area contributed by atoms with Crippen molar-refractivity contribution >= 4 is 11.9 Å². The van der Waals surface area contributed by atoms with Crippen LogP contribution in [0.2, 0.25) is 0 Å². The van der Waals surface area contributed by atoms with Crippen molar-refractivity contribution in [1.29, 1.82) is 0 Å². The first-order valence-electron chi connectivity index (χ1n) is 12.7. The van der Waals surface area contributed by atoms with Crippen molar-refractivity contribution in [3.63, 3.8) is 0 Å². The Labute approximate surface area is 211 Å². The van der Waals surface area contributed by atoms with Crippen LogP contribution in [-0.4, -0.2) is 44.6 Å². The van der Waals surface area contributed by atoms with Gasteiger partial charge < -0.3 is 19.3 Å². The molecule has 0 radical (unpaired) electrons. The molecule has 3 aromatic rings. The number of amides is 1. The number of aryl methyl sites for hydroxylation is 1. The van der Waals surface area contributed by atoms with Crippen LogP contribution in [0.3, 0.4) is 0 Å². The number of nitrogens with zero attached hydrogens (tertiary/aromatic N) is 3. The van der Waals surface area contributed by atoms with Crippen molar-refractivity contribution in [2.24, 2.45) is 5.92 Å². The average Bonchev–Trinajstić information content (AvgIpc) is 3.54. The molecule has 1 aromatic heterocycles. The number of carboxylic acid groups (broad SMARTS) is 1. The molecular formula is C29H33N3O4. The molecule has 1 aliphatic carbocycles. The Morgan fingerprint density at radius 3 is 2.56 bits per heavy atom. The van der Waals surface area contributed by atoms with Crippen molar-refractivity contribution in [2.75, 3.05) is 7.11 Å². The van der Waals surface area contributed by atoms with Crippen LogP contribution in [0.25, 0.3) is 0 Å². The first-order valence-corrected chi connectivity index (χ1v) is 12.7. The molecule has 1 amide bonds. The molecule has 2 atom stereocenters. The number of methoxy groups -OCH3 is 1. The van der Waals surface area contributed by atoms with Gasteiger partial charge in [0.15, 0.2) is 0 Å². The maximum Gasteiger partial charge on any atom is 0.326 e. The predicted octanol–water partition coefficient (Wildman–Crippen LogP) is 4.56. The number of carbonyl (C=O) groups excluding carboxylic acids is 1. The van der Waals surface area contributed by atoms with Crippen molar-refractivity contribution in [3.8, 4) is 5.75 Å². The fourth-order valence-electron chi connectivity index (χ4n) is 5.95. The van der Waals surface area contributed by atoms with Gasteiger partial charge >= 0.3 is 5.97 Å². The molecule has 2 heterocycles. The SMILES string of the molecule is COc1ccc(Cn2cnc3c2CC(C(=O)O)N(C(=O)C(c2ccccc2)C2CCCC2)C3)cc1C. The number of imidazole rings is 1. The van der Waals surface area contributed by atoms with E-state index in [9.17, 15) is 14.7 Å². The Hall–Kier alpha value is -3.61. The summed E-state index contributed by atoms with van der Waals surface area (Å²) < 4.78 is 7.38. The van der Waals surface area contributed by atoms with E-state index in [4.69, 9.17) is 4.74 Å². The normalized spacial score (nSPS) is 18.6. The number of aliphatic carboxylic acids is 1. The molecule has 1 N–H and O–H groups in total. The van der Waals surface area contributed by atoms with Gasteiger partial charge in [-0.05, 0) is 48.4 Å². The first-order chi connectivity index (χ1) is 17.5. The number of rotatable bonds is 7. The van der Waals surface area contributed by atoms with Gasteiger partial charge in [0.1, 0.15) is 11.8 Å². The number of carboxylic acids is 1. The van der Waals surface area contributed by atoms with Crippen LogP contribution < -0.4 is 4.74 Å². The van der Waals surface area contributed by atoms with Crippen LogP contribution in [0.5, 0.6) is 5.75 Å². The van der Waals surface area contributed by atoms with Gasteiger partial charge in [0.2, 0.25) is 5.91 Å². The predicted molar refractivity (Wildman–Crippen MR) is 136 cm³/mol. The number of hydrogen-bond acceptors (Lipinski definition) is 4. The Balaban J connectivity index is 1.43. The van der Waals surface area contributed by atoms with E-state index in [0.29, 0.717) is 6.54 Å². The molecule has 5 rings (SSSR count). The van der Waals surface area contributed by atoms with E-state index in [1.807, 2.05) is 54.0 Å². The van der Waals surface area contributed by atoms with E-state index in [0.717, 1.165) is 59.5 Å². The monoisotopic (exact) mass is 487 g/mol. The number of aromatic nitrogens is 2. The molecule has 1 fully saturated rings. The van der Waals surface area contributed by atoms with Gasteiger partial charge in [-0.3, -0.25) is 4.79 Å². The summed E-state index contributed by atoms with van der Waals surface area (Å²) in [7, 11) is 1.66. The topological polar surface area (TPSA) is 84.7 Å². The lowest BCUT2D eigenvalue weighted by molar-refractivity contribution is -0.152. The molecule has 0 saturated heterocycles. The van der Waals surface area contributed by atoms with Gasteiger partial charge in [0, 0.05) is 18.7 Å². The van der Waals surface area contributed by atoms with Crippen molar-refractivity contribution in [1.82, 2.24) is 14.5 Å². The minimum atomic E-state index is -0.972. The summed E-state index contributed by atoms with van der Waals surface area (Å²) in [5, 5.41) is 10.2. The molecule has 7 heteroatoms. The smallest absolute Gasteiger partial charge is 0.326 e. The number of carbonyl (C=O) groups is 2. The number of ether oxygens (including phenoxy) is 1. The molecule has 7 nitrogen and oxygen atoms in total. The van der Waals surface area contributed by atoms with Gasteiger partial charge in [-0.1, -0.05) is 55.3 Å². The van der Waals surface area contributed by atoms with E-state index in [1.165, 1.54) is 0 Å². The Morgan fingerprint density at radius 1 is 1.14 bits per heavy atom. The quantitative estimate of drug-likeness (QED) is 0.528. The van der Waals surface area contributed by atoms with Crippen molar-refractivity contribution in [2.45, 2.75) is 64.1 Å². The van der Waals surface area contributed by atoms with Gasteiger partial charge in [-0.2, -0.15) is 0 Å². The van der Waals surface area contributed by atoms with E-state index in [1.54, 1.807) is 18.3 Å². The van der Waals surface area contributed by atoms with Gasteiger partial charge in [0.05, 0.1) is 31.6 Å². The van der Waals surface area contributed by atoms with Crippen molar-refractivity contribution < 1.29 is 19.4 Å². The molecule has 1 saturated carbocycles. The Kier molecular flexibility index (Phi) is 6.81. The summed E-state index contributed by atoms with van der Waals surface area (Å²) in [5.74, 6) is -0.304. The summed E-state index contributed by atoms with van der Waals surface area (Å²) in [4.78, 5) is 32.6. The Morgan fingerprint density at radius 2 is 1.89 bits per heavy atom. The third-order valence-corrected chi connectivity index (χ3v) is 7.79. The maximum atomic E-state index is 14.0. The largest absolute Gasteiger partial charge is 0.496 e. The van der Waals surface area contributed by atoms with Crippen LogP contribution in [0.1, 0.15) is 59.7 Å². The highest BCUT2D eigenvalue weighted by molar-refractivity contribution is 5.89. The van der Waals surface area contributed by atoms with Gasteiger partial charge in [0.25, 0.3) is 0 Å². The third-order valence-electron chi connectivity index (χ3n) is 7.79. The summed E-state index contributed by atoms with van der Waals surface area (Å²) in [5.41, 5.74) is 4.78. The molecule has 0 spiro atoms.